The van der Waals surface area contributed by atoms with Crippen LogP contribution in [-0.2, 0) is 11.2 Å². The van der Waals surface area contributed by atoms with Crippen LogP contribution in [0.5, 0.6) is 0 Å². The van der Waals surface area contributed by atoms with Crippen molar-refractivity contribution >= 4 is 0 Å². The van der Waals surface area contributed by atoms with Crippen molar-refractivity contribution in [1.82, 2.24) is 9.97 Å². The molecule has 1 aliphatic rings. The van der Waals surface area contributed by atoms with Crippen molar-refractivity contribution in [1.29, 1.82) is 0 Å². The number of H-pyrrole nitrogens is 1. The summed E-state index contributed by atoms with van der Waals surface area (Å²) in [5, 5.41) is 0. The van der Waals surface area contributed by atoms with Gasteiger partial charge < -0.3 is 9.72 Å². The van der Waals surface area contributed by atoms with Gasteiger partial charge >= 0.3 is 0 Å². The molecule has 0 spiro atoms. The van der Waals surface area contributed by atoms with Gasteiger partial charge in [-0.2, -0.15) is 0 Å². The Kier molecular flexibility index (Phi) is 2.57. The molecule has 0 radical (unpaired) electrons. The van der Waals surface area contributed by atoms with E-state index in [1.165, 1.54) is 5.69 Å². The SMILES string of the molecule is C=C1OC[C@H](Cc2cnc[nH]2)[C@@H]1CC. The zero-order valence-electron chi connectivity index (χ0n) is 8.49. The van der Waals surface area contributed by atoms with Crippen molar-refractivity contribution in [3.05, 3.63) is 30.6 Å². The first-order valence-electron chi connectivity index (χ1n) is 5.10. The summed E-state index contributed by atoms with van der Waals surface area (Å²) in [5.74, 6) is 2.03. The minimum atomic E-state index is 0.512. The summed E-state index contributed by atoms with van der Waals surface area (Å²) in [6.07, 6.45) is 5.73. The Morgan fingerprint density at radius 2 is 2.57 bits per heavy atom. The smallest absolute Gasteiger partial charge is 0.0923 e. The minimum absolute atomic E-state index is 0.512. The summed E-state index contributed by atoms with van der Waals surface area (Å²) in [4.78, 5) is 7.14. The van der Waals surface area contributed by atoms with E-state index < -0.39 is 0 Å². The van der Waals surface area contributed by atoms with E-state index in [-0.39, 0.29) is 0 Å². The highest BCUT2D eigenvalue weighted by atomic mass is 16.5. The van der Waals surface area contributed by atoms with Crippen molar-refractivity contribution < 1.29 is 4.74 Å². The van der Waals surface area contributed by atoms with E-state index in [4.69, 9.17) is 4.74 Å². The highest BCUT2D eigenvalue weighted by Crippen LogP contribution is 2.33. The molecule has 2 atom stereocenters. The summed E-state index contributed by atoms with van der Waals surface area (Å²) < 4.78 is 5.49. The number of imidazole rings is 1. The monoisotopic (exact) mass is 192 g/mol. The summed E-state index contributed by atoms with van der Waals surface area (Å²) in [5.41, 5.74) is 1.19. The second-order valence-electron chi connectivity index (χ2n) is 3.83. The van der Waals surface area contributed by atoms with Crippen molar-refractivity contribution in [2.45, 2.75) is 19.8 Å². The second kappa shape index (κ2) is 3.86. The molecule has 3 heteroatoms. The molecule has 76 valence electrons. The molecule has 2 heterocycles. The number of hydrogen-bond acceptors (Lipinski definition) is 2. The molecule has 14 heavy (non-hydrogen) atoms. The molecule has 1 aromatic rings. The van der Waals surface area contributed by atoms with Gasteiger partial charge in [0.25, 0.3) is 0 Å². The number of rotatable bonds is 3. The highest BCUT2D eigenvalue weighted by Gasteiger charge is 2.30. The maximum Gasteiger partial charge on any atom is 0.0923 e. The number of aromatic nitrogens is 2. The number of nitrogens with one attached hydrogen (secondary N) is 1. The van der Waals surface area contributed by atoms with Gasteiger partial charge in [-0.25, -0.2) is 4.98 Å². The number of allylic oxidation sites excluding steroid dienone is 1. The van der Waals surface area contributed by atoms with Crippen molar-refractivity contribution in [3.8, 4) is 0 Å². The average Bonchev–Trinajstić information content (AvgIpc) is 2.77. The zero-order valence-corrected chi connectivity index (χ0v) is 8.49. The van der Waals surface area contributed by atoms with E-state index in [1.54, 1.807) is 6.33 Å². The molecule has 1 fully saturated rings. The Hall–Kier alpha value is -1.25. The number of hydrogen-bond donors (Lipinski definition) is 1. The van der Waals surface area contributed by atoms with E-state index in [0.29, 0.717) is 11.8 Å². The molecule has 0 bridgehead atoms. The van der Waals surface area contributed by atoms with Gasteiger partial charge in [0.2, 0.25) is 0 Å². The fourth-order valence-electron chi connectivity index (χ4n) is 2.14. The van der Waals surface area contributed by atoms with Crippen LogP contribution in [0, 0.1) is 11.8 Å². The molecule has 0 aliphatic carbocycles. The lowest BCUT2D eigenvalue weighted by Gasteiger charge is -2.13. The molecule has 1 N–H and O–H groups in total. The van der Waals surface area contributed by atoms with Crippen LogP contribution in [0.25, 0.3) is 0 Å². The van der Waals surface area contributed by atoms with E-state index >= 15 is 0 Å². The van der Waals surface area contributed by atoms with E-state index in [9.17, 15) is 0 Å². The zero-order chi connectivity index (χ0) is 9.97. The van der Waals surface area contributed by atoms with Crippen molar-refractivity contribution in [3.63, 3.8) is 0 Å². The summed E-state index contributed by atoms with van der Waals surface area (Å²) in [6.45, 7) is 6.92. The third-order valence-electron chi connectivity index (χ3n) is 2.94. The Bertz CT molecular complexity index is 305. The highest BCUT2D eigenvalue weighted by molar-refractivity contribution is 5.05. The van der Waals surface area contributed by atoms with Crippen LogP contribution in [0.2, 0.25) is 0 Å². The van der Waals surface area contributed by atoms with Crippen LogP contribution in [0.3, 0.4) is 0 Å². The third-order valence-corrected chi connectivity index (χ3v) is 2.94. The molecule has 0 aromatic carbocycles. The van der Waals surface area contributed by atoms with Crippen molar-refractivity contribution in [2.75, 3.05) is 6.61 Å². The Labute approximate surface area is 84.2 Å². The van der Waals surface area contributed by atoms with Gasteiger partial charge in [0.05, 0.1) is 18.7 Å². The molecule has 1 aliphatic heterocycles. The number of aromatic amines is 1. The summed E-state index contributed by atoms with van der Waals surface area (Å²) in [7, 11) is 0. The second-order valence-corrected chi connectivity index (χ2v) is 3.83. The molecular weight excluding hydrogens is 176 g/mol. The normalized spacial score (nSPS) is 26.5. The molecule has 0 unspecified atom stereocenters. The maximum atomic E-state index is 5.49. The Balaban J connectivity index is 2.01. The fourth-order valence-corrected chi connectivity index (χ4v) is 2.14. The van der Waals surface area contributed by atoms with Gasteiger partial charge in [0, 0.05) is 23.7 Å². The van der Waals surface area contributed by atoms with Gasteiger partial charge in [-0.3, -0.25) is 0 Å². The van der Waals surface area contributed by atoms with Crippen LogP contribution in [0.15, 0.2) is 24.9 Å². The fraction of sp³-hybridized carbons (Fsp3) is 0.545. The molecule has 2 rings (SSSR count). The summed E-state index contributed by atoms with van der Waals surface area (Å²) >= 11 is 0. The van der Waals surface area contributed by atoms with Gasteiger partial charge in [-0.1, -0.05) is 13.5 Å². The first kappa shape index (κ1) is 9.31. The van der Waals surface area contributed by atoms with Gasteiger partial charge in [0.1, 0.15) is 0 Å². The Morgan fingerprint density at radius 3 is 3.21 bits per heavy atom. The van der Waals surface area contributed by atoms with Crippen molar-refractivity contribution in [2.24, 2.45) is 11.8 Å². The molecule has 0 saturated carbocycles. The minimum Gasteiger partial charge on any atom is -0.498 e. The Morgan fingerprint density at radius 1 is 1.71 bits per heavy atom. The maximum absolute atomic E-state index is 5.49. The lowest BCUT2D eigenvalue weighted by atomic mass is 9.88. The standard InChI is InChI=1S/C11H16N2O/c1-3-11-8(2)14-6-9(11)4-10-5-12-7-13-10/h5,7,9,11H,2-4,6H2,1H3,(H,12,13)/t9-,11+/m0/s1. The quantitative estimate of drug-likeness (QED) is 0.796. The van der Waals surface area contributed by atoms with Crippen LogP contribution in [-0.4, -0.2) is 16.6 Å². The summed E-state index contributed by atoms with van der Waals surface area (Å²) in [6, 6.07) is 0. The largest absolute Gasteiger partial charge is 0.498 e. The lowest BCUT2D eigenvalue weighted by Crippen LogP contribution is -2.13. The van der Waals surface area contributed by atoms with E-state index in [2.05, 4.69) is 23.5 Å². The number of ether oxygens (including phenoxy) is 1. The first-order chi connectivity index (χ1) is 6.81. The topological polar surface area (TPSA) is 37.9 Å². The third kappa shape index (κ3) is 1.67. The van der Waals surface area contributed by atoms with Crippen LogP contribution < -0.4 is 0 Å². The van der Waals surface area contributed by atoms with Crippen LogP contribution in [0.1, 0.15) is 19.0 Å². The first-order valence-corrected chi connectivity index (χ1v) is 5.10. The van der Waals surface area contributed by atoms with E-state index in [1.807, 2.05) is 6.20 Å². The van der Waals surface area contributed by atoms with Crippen LogP contribution >= 0.6 is 0 Å². The molecule has 1 saturated heterocycles. The predicted octanol–water partition coefficient (Wildman–Crippen LogP) is 2.14. The lowest BCUT2D eigenvalue weighted by molar-refractivity contribution is 0.241. The van der Waals surface area contributed by atoms with Gasteiger partial charge in [0.15, 0.2) is 0 Å². The van der Waals surface area contributed by atoms with E-state index in [0.717, 1.165) is 25.2 Å². The average molecular weight is 192 g/mol. The van der Waals surface area contributed by atoms with Gasteiger partial charge in [-0.15, -0.1) is 0 Å². The molecule has 3 nitrogen and oxygen atoms in total. The molecule has 1 aromatic heterocycles. The predicted molar refractivity (Wildman–Crippen MR) is 54.7 cm³/mol. The molecule has 0 amide bonds. The molecular formula is C11H16N2O. The number of nitrogens with zero attached hydrogens (tertiary/aromatic N) is 1. The van der Waals surface area contributed by atoms with Gasteiger partial charge in [-0.05, 0) is 12.8 Å². The van der Waals surface area contributed by atoms with Crippen LogP contribution in [0.4, 0.5) is 0 Å².